The highest BCUT2D eigenvalue weighted by Crippen LogP contribution is 2.43. The molecule has 0 bridgehead atoms. The number of hydrogen-bond acceptors (Lipinski definition) is 9. The SMILES string of the molecule is CCC1(C(C)(C)C)COC[C@H]2O[C@@H](N3C=NC4C(N)=NC=NC43)C(OC)C2O1. The summed E-state index contributed by atoms with van der Waals surface area (Å²) in [7, 11) is 1.69. The summed E-state index contributed by atoms with van der Waals surface area (Å²) in [4.78, 5) is 15.0. The second-order valence-corrected chi connectivity index (χ2v) is 8.85. The van der Waals surface area contributed by atoms with Gasteiger partial charge in [-0.15, -0.1) is 0 Å². The molecule has 0 radical (unpaired) electrons. The van der Waals surface area contributed by atoms with Gasteiger partial charge in [-0.1, -0.05) is 27.7 Å². The molecule has 0 amide bonds. The Kier molecular flexibility index (Phi) is 4.97. The summed E-state index contributed by atoms with van der Waals surface area (Å²) in [5.41, 5.74) is 5.48. The summed E-state index contributed by atoms with van der Waals surface area (Å²) in [5.74, 6) is 0.456. The molecule has 4 heterocycles. The van der Waals surface area contributed by atoms with E-state index in [-0.39, 0.29) is 35.9 Å². The molecule has 0 aromatic heterocycles. The lowest BCUT2D eigenvalue weighted by molar-refractivity contribution is -0.189. The molecular weight excluding hydrogens is 362 g/mol. The first-order valence-electron chi connectivity index (χ1n) is 9.90. The predicted octanol–water partition coefficient (Wildman–Crippen LogP) is 0.774. The number of fused-ring (bicyclic) bond motifs is 2. The highest BCUT2D eigenvalue weighted by molar-refractivity contribution is 5.96. The third-order valence-corrected chi connectivity index (χ3v) is 6.45. The van der Waals surface area contributed by atoms with E-state index in [2.05, 4.69) is 42.7 Å². The number of ether oxygens (including phenoxy) is 4. The van der Waals surface area contributed by atoms with Crippen LogP contribution in [-0.4, -0.2) is 86.1 Å². The van der Waals surface area contributed by atoms with E-state index in [0.29, 0.717) is 19.0 Å². The van der Waals surface area contributed by atoms with E-state index < -0.39 is 11.8 Å². The molecule has 28 heavy (non-hydrogen) atoms. The molecule has 0 aromatic rings. The van der Waals surface area contributed by atoms with E-state index in [1.54, 1.807) is 13.4 Å². The third kappa shape index (κ3) is 2.96. The molecule has 2 N–H and O–H groups in total. The molecule has 9 heteroatoms. The maximum absolute atomic E-state index is 6.75. The zero-order valence-electron chi connectivity index (χ0n) is 17.2. The molecule has 156 valence electrons. The van der Waals surface area contributed by atoms with E-state index in [9.17, 15) is 0 Å². The fourth-order valence-electron chi connectivity index (χ4n) is 4.52. The lowest BCUT2D eigenvalue weighted by Crippen LogP contribution is -2.55. The second kappa shape index (κ2) is 7.05. The molecule has 2 fully saturated rings. The van der Waals surface area contributed by atoms with Gasteiger partial charge in [-0.2, -0.15) is 0 Å². The number of nitrogens with zero attached hydrogens (tertiary/aromatic N) is 4. The van der Waals surface area contributed by atoms with Crippen LogP contribution in [0.4, 0.5) is 0 Å². The van der Waals surface area contributed by atoms with Gasteiger partial charge in [0.25, 0.3) is 0 Å². The first kappa shape index (κ1) is 19.8. The molecule has 4 aliphatic rings. The van der Waals surface area contributed by atoms with E-state index in [1.165, 1.54) is 6.34 Å². The standard InChI is InChI=1S/C19H31N5O4/c1-6-19(18(2,3)4)8-26-7-11-13(28-19)14(25-5)17(27-11)24-10-23-12-15(20)21-9-22-16(12)24/h9-14,16-17H,6-8H2,1-5H3,(H2,20,21,22)/t11-,12?,13?,14?,16?,17-,19?/m1/s1. The molecule has 7 atom stereocenters. The van der Waals surface area contributed by atoms with Crippen molar-refractivity contribution in [1.29, 1.82) is 0 Å². The summed E-state index contributed by atoms with van der Waals surface area (Å²) in [6, 6.07) is -0.294. The smallest absolute Gasteiger partial charge is 0.162 e. The van der Waals surface area contributed by atoms with Gasteiger partial charge in [0.2, 0.25) is 0 Å². The van der Waals surface area contributed by atoms with Crippen LogP contribution in [0.25, 0.3) is 0 Å². The van der Waals surface area contributed by atoms with Crippen LogP contribution in [0.3, 0.4) is 0 Å². The Balaban J connectivity index is 1.60. The molecule has 0 spiro atoms. The van der Waals surface area contributed by atoms with Crippen molar-refractivity contribution < 1.29 is 18.9 Å². The quantitative estimate of drug-likeness (QED) is 0.760. The van der Waals surface area contributed by atoms with Crippen molar-refractivity contribution in [3.8, 4) is 0 Å². The van der Waals surface area contributed by atoms with E-state index in [0.717, 1.165) is 6.42 Å². The Morgan fingerprint density at radius 1 is 1.36 bits per heavy atom. The summed E-state index contributed by atoms with van der Waals surface area (Å²) >= 11 is 0. The molecule has 4 rings (SSSR count). The first-order chi connectivity index (χ1) is 13.3. The van der Waals surface area contributed by atoms with Gasteiger partial charge in [0.05, 0.1) is 25.2 Å². The van der Waals surface area contributed by atoms with Gasteiger partial charge >= 0.3 is 0 Å². The van der Waals surface area contributed by atoms with Crippen molar-refractivity contribution in [3.05, 3.63) is 0 Å². The van der Waals surface area contributed by atoms with Crippen LogP contribution in [0.2, 0.25) is 0 Å². The maximum Gasteiger partial charge on any atom is 0.162 e. The monoisotopic (exact) mass is 393 g/mol. The first-order valence-corrected chi connectivity index (χ1v) is 9.90. The van der Waals surface area contributed by atoms with E-state index in [1.807, 2.05) is 4.90 Å². The van der Waals surface area contributed by atoms with Gasteiger partial charge in [-0.3, -0.25) is 4.99 Å². The average Bonchev–Trinajstić information content (AvgIpc) is 3.16. The van der Waals surface area contributed by atoms with Crippen molar-refractivity contribution in [1.82, 2.24) is 4.90 Å². The van der Waals surface area contributed by atoms with Crippen LogP contribution in [0, 0.1) is 5.41 Å². The van der Waals surface area contributed by atoms with Crippen molar-refractivity contribution in [2.24, 2.45) is 26.1 Å². The van der Waals surface area contributed by atoms with Crippen molar-refractivity contribution >= 4 is 18.5 Å². The highest BCUT2D eigenvalue weighted by Gasteiger charge is 2.57. The van der Waals surface area contributed by atoms with Crippen LogP contribution in [0.5, 0.6) is 0 Å². The summed E-state index contributed by atoms with van der Waals surface area (Å²) in [6.45, 7) is 9.70. The van der Waals surface area contributed by atoms with Crippen LogP contribution >= 0.6 is 0 Å². The topological polar surface area (TPSA) is 103 Å². The fraction of sp³-hybridized carbons (Fsp3) is 0.842. The molecule has 0 aromatic carbocycles. The number of aliphatic imine (C=N–C) groups is 3. The van der Waals surface area contributed by atoms with E-state index in [4.69, 9.17) is 24.7 Å². The second-order valence-electron chi connectivity index (χ2n) is 8.85. The lowest BCUT2D eigenvalue weighted by atomic mass is 9.75. The molecule has 9 nitrogen and oxygen atoms in total. The summed E-state index contributed by atoms with van der Waals surface area (Å²) in [6.07, 6.45) is 2.61. The third-order valence-electron chi connectivity index (χ3n) is 6.45. The van der Waals surface area contributed by atoms with Gasteiger partial charge in [0, 0.05) is 7.11 Å². The van der Waals surface area contributed by atoms with E-state index >= 15 is 0 Å². The fourth-order valence-corrected chi connectivity index (χ4v) is 4.52. The normalized spacial score (nSPS) is 42.9. The van der Waals surface area contributed by atoms with Gasteiger partial charge in [0.15, 0.2) is 12.4 Å². The zero-order chi connectivity index (χ0) is 20.1. The average molecular weight is 393 g/mol. The van der Waals surface area contributed by atoms with Crippen LogP contribution < -0.4 is 5.73 Å². The number of amidine groups is 1. The van der Waals surface area contributed by atoms with Gasteiger partial charge in [-0.05, 0) is 11.8 Å². The van der Waals surface area contributed by atoms with Crippen LogP contribution in [-0.2, 0) is 18.9 Å². The minimum atomic E-state index is -0.414. The summed E-state index contributed by atoms with van der Waals surface area (Å²) < 4.78 is 25.1. The Morgan fingerprint density at radius 3 is 2.82 bits per heavy atom. The van der Waals surface area contributed by atoms with Gasteiger partial charge in [0.1, 0.15) is 36.5 Å². The Labute approximate surface area is 166 Å². The minimum Gasteiger partial charge on any atom is -0.385 e. The highest BCUT2D eigenvalue weighted by atomic mass is 16.6. The van der Waals surface area contributed by atoms with Crippen LogP contribution in [0.1, 0.15) is 34.1 Å². The lowest BCUT2D eigenvalue weighted by Gasteiger charge is -2.45. The Hall–Kier alpha value is -1.55. The Bertz CT molecular complexity index is 690. The number of hydrogen-bond donors (Lipinski definition) is 1. The summed E-state index contributed by atoms with van der Waals surface area (Å²) in [5, 5.41) is 0. The molecule has 0 saturated carbocycles. The molecule has 0 aliphatic carbocycles. The Morgan fingerprint density at radius 2 is 2.14 bits per heavy atom. The number of nitrogens with two attached hydrogens (primary N) is 1. The van der Waals surface area contributed by atoms with Crippen molar-refractivity contribution in [2.75, 3.05) is 20.3 Å². The number of rotatable bonds is 3. The molecule has 2 saturated heterocycles. The van der Waals surface area contributed by atoms with Crippen molar-refractivity contribution in [3.63, 3.8) is 0 Å². The molecule has 5 unspecified atom stereocenters. The zero-order valence-corrected chi connectivity index (χ0v) is 17.2. The molecular formula is C19H31N5O4. The predicted molar refractivity (Wildman–Crippen MR) is 106 cm³/mol. The minimum absolute atomic E-state index is 0.0915. The number of methoxy groups -OCH3 is 1. The van der Waals surface area contributed by atoms with Gasteiger partial charge < -0.3 is 29.6 Å². The van der Waals surface area contributed by atoms with Crippen molar-refractivity contribution in [2.45, 2.75) is 76.5 Å². The largest absolute Gasteiger partial charge is 0.385 e. The molecule has 4 aliphatic heterocycles. The maximum atomic E-state index is 6.75. The van der Waals surface area contributed by atoms with Crippen LogP contribution in [0.15, 0.2) is 15.0 Å². The van der Waals surface area contributed by atoms with Gasteiger partial charge in [-0.25, -0.2) is 9.98 Å².